The lowest BCUT2D eigenvalue weighted by Gasteiger charge is -2.28. The van der Waals surface area contributed by atoms with Crippen LogP contribution in [0, 0.1) is 0 Å². The third-order valence-corrected chi connectivity index (χ3v) is 5.01. The maximum absolute atomic E-state index is 8.95. The van der Waals surface area contributed by atoms with Crippen molar-refractivity contribution in [1.29, 1.82) is 0 Å². The van der Waals surface area contributed by atoms with E-state index in [0.29, 0.717) is 5.76 Å². The van der Waals surface area contributed by atoms with Gasteiger partial charge in [-0.25, -0.2) is 0 Å². The molecular formula is C26H22BNO2. The highest BCUT2D eigenvalue weighted by Crippen LogP contribution is 2.38. The van der Waals surface area contributed by atoms with Crippen LogP contribution >= 0.6 is 0 Å². The SMILES string of the molecule is C=C(/C=C\C(=C)N(c1cccc2ccccc12)c1cccc2ccccc12)OBO. The van der Waals surface area contributed by atoms with Gasteiger partial charge in [-0.15, -0.1) is 0 Å². The Labute approximate surface area is 177 Å². The monoisotopic (exact) mass is 391 g/mol. The van der Waals surface area contributed by atoms with Gasteiger partial charge in [-0.2, -0.15) is 0 Å². The summed E-state index contributed by atoms with van der Waals surface area (Å²) >= 11 is 0. The smallest absolute Gasteiger partial charge is 0.504 e. The minimum absolute atomic E-state index is 0.370. The lowest BCUT2D eigenvalue weighted by Crippen LogP contribution is -2.15. The second-order valence-electron chi connectivity index (χ2n) is 6.90. The van der Waals surface area contributed by atoms with Crippen molar-refractivity contribution in [2.45, 2.75) is 0 Å². The van der Waals surface area contributed by atoms with Crippen molar-refractivity contribution in [2.24, 2.45) is 0 Å². The van der Waals surface area contributed by atoms with E-state index in [4.69, 9.17) is 9.68 Å². The number of benzene rings is 4. The highest BCUT2D eigenvalue weighted by Gasteiger charge is 2.16. The molecule has 1 N–H and O–H groups in total. The molecular weight excluding hydrogens is 369 g/mol. The maximum Gasteiger partial charge on any atom is 0.504 e. The predicted octanol–water partition coefficient (Wildman–Crippen LogP) is 5.99. The molecule has 0 amide bonds. The van der Waals surface area contributed by atoms with Gasteiger partial charge in [0.2, 0.25) is 0 Å². The Morgan fingerprint density at radius 1 is 0.733 bits per heavy atom. The Morgan fingerprint density at radius 2 is 1.23 bits per heavy atom. The number of nitrogens with zero attached hydrogens (tertiary/aromatic N) is 1. The first-order valence-corrected chi connectivity index (χ1v) is 9.74. The van der Waals surface area contributed by atoms with Gasteiger partial charge in [0.25, 0.3) is 0 Å². The number of hydrogen-bond acceptors (Lipinski definition) is 3. The molecule has 0 saturated carbocycles. The minimum atomic E-state index is -0.411. The Bertz CT molecular complexity index is 1170. The first kappa shape index (κ1) is 19.6. The van der Waals surface area contributed by atoms with Gasteiger partial charge in [0, 0.05) is 16.5 Å². The zero-order chi connectivity index (χ0) is 20.9. The number of rotatable bonds is 7. The standard InChI is InChI=1S/C26H22BNO2/c1-19(17-18-20(2)30-27-29)28(25-15-7-11-21-9-3-5-13-23(21)25)26-16-8-12-22-10-4-6-14-24(22)26/h3-18,27,29H,1-2H2/b18-17-. The van der Waals surface area contributed by atoms with Crippen LogP contribution in [-0.4, -0.2) is 12.7 Å². The van der Waals surface area contributed by atoms with E-state index >= 15 is 0 Å². The van der Waals surface area contributed by atoms with Crippen LogP contribution in [-0.2, 0) is 4.65 Å². The second kappa shape index (κ2) is 8.72. The highest BCUT2D eigenvalue weighted by molar-refractivity contribution is 6.16. The van der Waals surface area contributed by atoms with Gasteiger partial charge in [-0.05, 0) is 35.1 Å². The molecule has 4 rings (SSSR count). The van der Waals surface area contributed by atoms with E-state index in [1.165, 1.54) is 0 Å². The summed E-state index contributed by atoms with van der Waals surface area (Å²) < 4.78 is 5.04. The lowest BCUT2D eigenvalue weighted by atomic mass is 10.0. The molecule has 146 valence electrons. The van der Waals surface area contributed by atoms with Gasteiger partial charge in [0.05, 0.1) is 17.1 Å². The summed E-state index contributed by atoms with van der Waals surface area (Å²) in [5.41, 5.74) is 2.82. The molecule has 30 heavy (non-hydrogen) atoms. The van der Waals surface area contributed by atoms with E-state index in [1.807, 2.05) is 30.3 Å². The van der Waals surface area contributed by atoms with E-state index in [2.05, 4.69) is 78.7 Å². The zero-order valence-corrected chi connectivity index (χ0v) is 16.7. The fraction of sp³-hybridized carbons (Fsp3) is 0. The van der Waals surface area contributed by atoms with Gasteiger partial charge < -0.3 is 14.6 Å². The summed E-state index contributed by atoms with van der Waals surface area (Å²) in [6, 6.07) is 29.1. The molecule has 0 heterocycles. The maximum atomic E-state index is 8.95. The third kappa shape index (κ3) is 3.86. The van der Waals surface area contributed by atoms with Crippen molar-refractivity contribution in [3.63, 3.8) is 0 Å². The number of allylic oxidation sites excluding steroid dienone is 2. The third-order valence-electron chi connectivity index (χ3n) is 5.01. The fourth-order valence-corrected chi connectivity index (χ4v) is 3.64. The molecule has 0 atom stereocenters. The molecule has 0 fully saturated rings. The van der Waals surface area contributed by atoms with Crippen molar-refractivity contribution >= 4 is 40.6 Å². The zero-order valence-electron chi connectivity index (χ0n) is 16.7. The van der Waals surface area contributed by atoms with E-state index < -0.39 is 7.69 Å². The van der Waals surface area contributed by atoms with Gasteiger partial charge in [-0.3, -0.25) is 0 Å². The molecule has 0 saturated heterocycles. The Balaban J connectivity index is 1.91. The van der Waals surface area contributed by atoms with E-state index in [1.54, 1.807) is 6.08 Å². The lowest BCUT2D eigenvalue weighted by molar-refractivity contribution is 0.384. The van der Waals surface area contributed by atoms with Crippen LogP contribution in [0.5, 0.6) is 0 Å². The van der Waals surface area contributed by atoms with Crippen molar-refractivity contribution in [2.75, 3.05) is 4.90 Å². The number of fused-ring (bicyclic) bond motifs is 2. The van der Waals surface area contributed by atoms with Crippen LogP contribution in [0.2, 0.25) is 0 Å². The van der Waals surface area contributed by atoms with Crippen LogP contribution in [0.15, 0.2) is 122 Å². The molecule has 0 spiro atoms. The topological polar surface area (TPSA) is 32.7 Å². The summed E-state index contributed by atoms with van der Waals surface area (Å²) in [5.74, 6) is 0.370. The first-order valence-electron chi connectivity index (χ1n) is 9.74. The molecule has 0 aliphatic carbocycles. The van der Waals surface area contributed by atoms with Gasteiger partial charge in [0.1, 0.15) is 0 Å². The highest BCUT2D eigenvalue weighted by atomic mass is 16.5. The molecule has 0 aliphatic heterocycles. The molecule has 4 aromatic carbocycles. The largest absolute Gasteiger partial charge is 0.539 e. The van der Waals surface area contributed by atoms with Crippen LogP contribution in [0.4, 0.5) is 11.4 Å². The predicted molar refractivity (Wildman–Crippen MR) is 128 cm³/mol. The van der Waals surface area contributed by atoms with E-state index in [0.717, 1.165) is 38.6 Å². The van der Waals surface area contributed by atoms with E-state index in [-0.39, 0.29) is 0 Å². The molecule has 0 radical (unpaired) electrons. The molecule has 0 aliphatic rings. The van der Waals surface area contributed by atoms with Crippen LogP contribution in [0.1, 0.15) is 0 Å². The molecule has 3 nitrogen and oxygen atoms in total. The summed E-state index contributed by atoms with van der Waals surface area (Å²) in [6.07, 6.45) is 3.56. The average Bonchev–Trinajstić information content (AvgIpc) is 2.78. The van der Waals surface area contributed by atoms with Gasteiger partial charge in [-0.1, -0.05) is 86.0 Å². The fourth-order valence-electron chi connectivity index (χ4n) is 3.64. The Hall–Kier alpha value is -3.76. The van der Waals surface area contributed by atoms with Crippen molar-refractivity contribution < 1.29 is 9.68 Å². The summed E-state index contributed by atoms with van der Waals surface area (Å²) in [6.45, 7) is 8.13. The molecule has 0 aromatic heterocycles. The van der Waals surface area contributed by atoms with Crippen LogP contribution in [0.25, 0.3) is 21.5 Å². The normalized spacial score (nSPS) is 11.0. The second-order valence-corrected chi connectivity index (χ2v) is 6.90. The quantitative estimate of drug-likeness (QED) is 0.239. The van der Waals surface area contributed by atoms with Crippen LogP contribution < -0.4 is 4.90 Å². The van der Waals surface area contributed by atoms with E-state index in [9.17, 15) is 0 Å². The first-order chi connectivity index (χ1) is 14.7. The minimum Gasteiger partial charge on any atom is -0.539 e. The molecule has 4 heteroatoms. The number of anilines is 2. The molecule has 4 aromatic rings. The average molecular weight is 391 g/mol. The van der Waals surface area contributed by atoms with Crippen molar-refractivity contribution in [1.82, 2.24) is 0 Å². The number of hydrogen-bond donors (Lipinski definition) is 1. The summed E-state index contributed by atoms with van der Waals surface area (Å²) in [7, 11) is -0.411. The molecule has 0 bridgehead atoms. The summed E-state index contributed by atoms with van der Waals surface area (Å²) in [4.78, 5) is 2.15. The van der Waals surface area contributed by atoms with Crippen LogP contribution in [0.3, 0.4) is 0 Å². The molecule has 0 unspecified atom stereocenters. The summed E-state index contributed by atoms with van der Waals surface area (Å²) in [5, 5.41) is 13.5. The van der Waals surface area contributed by atoms with Gasteiger partial charge >= 0.3 is 7.69 Å². The van der Waals surface area contributed by atoms with Gasteiger partial charge in [0.15, 0.2) is 0 Å². The Kier molecular flexibility index (Phi) is 5.69. The van der Waals surface area contributed by atoms with Crippen molar-refractivity contribution in [3.05, 3.63) is 122 Å². The van der Waals surface area contributed by atoms with Crippen molar-refractivity contribution in [3.8, 4) is 0 Å². The Morgan fingerprint density at radius 3 is 1.77 bits per heavy atom.